The van der Waals surface area contributed by atoms with Crippen LogP contribution < -0.4 is 5.73 Å². The Morgan fingerprint density at radius 3 is 2.43 bits per heavy atom. The van der Waals surface area contributed by atoms with Gasteiger partial charge >= 0.3 is 0 Å². The van der Waals surface area contributed by atoms with E-state index in [1.807, 2.05) is 30.3 Å². The second-order valence-electron chi connectivity index (χ2n) is 2.81. The van der Waals surface area contributed by atoms with Crippen LogP contribution in [0.4, 0.5) is 5.95 Å². The van der Waals surface area contributed by atoms with Gasteiger partial charge in [0.25, 0.3) is 0 Å². The summed E-state index contributed by atoms with van der Waals surface area (Å²) in [5.41, 5.74) is 7.41. The Morgan fingerprint density at radius 2 is 1.79 bits per heavy atom. The smallest absolute Gasteiger partial charge is 0.220 e. The Balaban J connectivity index is 2.44. The molecule has 0 amide bonds. The molecule has 1 aromatic carbocycles. The molecule has 1 aromatic heterocycles. The van der Waals surface area contributed by atoms with Crippen LogP contribution in [0, 0.1) is 3.57 Å². The van der Waals surface area contributed by atoms with Crippen LogP contribution in [0.15, 0.2) is 36.5 Å². The zero-order chi connectivity index (χ0) is 9.97. The molecule has 0 fully saturated rings. The van der Waals surface area contributed by atoms with Crippen LogP contribution in [0.1, 0.15) is 0 Å². The number of nitrogens with two attached hydrogens (primary N) is 1. The van der Waals surface area contributed by atoms with Crippen molar-refractivity contribution < 1.29 is 0 Å². The first-order chi connectivity index (χ1) is 6.75. The third kappa shape index (κ3) is 2.01. The van der Waals surface area contributed by atoms with Gasteiger partial charge in [-0.05, 0) is 40.8 Å². The van der Waals surface area contributed by atoms with Crippen molar-refractivity contribution >= 4 is 28.5 Å². The summed E-state index contributed by atoms with van der Waals surface area (Å²) in [5.74, 6) is 0.307. The van der Waals surface area contributed by atoms with E-state index in [0.717, 1.165) is 11.3 Å². The van der Waals surface area contributed by atoms with Crippen LogP contribution in [0.25, 0.3) is 11.3 Å². The highest BCUT2D eigenvalue weighted by atomic mass is 127. The van der Waals surface area contributed by atoms with E-state index < -0.39 is 0 Å². The molecule has 3 nitrogen and oxygen atoms in total. The van der Waals surface area contributed by atoms with Crippen molar-refractivity contribution in [1.29, 1.82) is 0 Å². The molecule has 2 rings (SSSR count). The van der Waals surface area contributed by atoms with Crippen molar-refractivity contribution in [1.82, 2.24) is 9.97 Å². The zero-order valence-corrected chi connectivity index (χ0v) is 9.47. The number of nitrogens with zero attached hydrogens (tertiary/aromatic N) is 2. The number of anilines is 1. The summed E-state index contributed by atoms with van der Waals surface area (Å²) in [6, 6.07) is 9.95. The third-order valence-electron chi connectivity index (χ3n) is 1.81. The normalized spacial score (nSPS) is 10.1. The fourth-order valence-corrected chi connectivity index (χ4v) is 1.51. The Labute approximate surface area is 95.5 Å². The van der Waals surface area contributed by atoms with Crippen molar-refractivity contribution in [2.45, 2.75) is 0 Å². The first-order valence-corrected chi connectivity index (χ1v) is 5.18. The van der Waals surface area contributed by atoms with E-state index in [9.17, 15) is 0 Å². The van der Waals surface area contributed by atoms with Gasteiger partial charge < -0.3 is 5.73 Å². The van der Waals surface area contributed by atoms with E-state index >= 15 is 0 Å². The highest BCUT2D eigenvalue weighted by Crippen LogP contribution is 2.18. The third-order valence-corrected chi connectivity index (χ3v) is 2.53. The highest BCUT2D eigenvalue weighted by Gasteiger charge is 1.99. The van der Waals surface area contributed by atoms with Gasteiger partial charge in [-0.15, -0.1) is 0 Å². The number of hydrogen-bond acceptors (Lipinski definition) is 3. The van der Waals surface area contributed by atoms with Crippen molar-refractivity contribution in [3.05, 3.63) is 40.1 Å². The lowest BCUT2D eigenvalue weighted by molar-refractivity contribution is 1.19. The van der Waals surface area contributed by atoms with Gasteiger partial charge in [-0.2, -0.15) is 0 Å². The molecule has 1 heterocycles. The SMILES string of the molecule is Nc1nccc(-c2ccc(I)cc2)n1. The Kier molecular flexibility index (Phi) is 2.62. The molecule has 0 atom stereocenters. The monoisotopic (exact) mass is 297 g/mol. The summed E-state index contributed by atoms with van der Waals surface area (Å²) in [4.78, 5) is 7.99. The molecule has 0 saturated heterocycles. The van der Waals surface area contributed by atoms with Crippen molar-refractivity contribution in [3.63, 3.8) is 0 Å². The number of halogens is 1. The fourth-order valence-electron chi connectivity index (χ4n) is 1.16. The number of aromatic nitrogens is 2. The Hall–Kier alpha value is -1.17. The summed E-state index contributed by atoms with van der Waals surface area (Å²) >= 11 is 2.27. The van der Waals surface area contributed by atoms with Gasteiger partial charge in [-0.3, -0.25) is 0 Å². The average molecular weight is 297 g/mol. The predicted molar refractivity (Wildman–Crippen MR) is 64.6 cm³/mol. The van der Waals surface area contributed by atoms with E-state index in [2.05, 4.69) is 32.6 Å². The molecule has 0 saturated carbocycles. The molecule has 4 heteroatoms. The van der Waals surface area contributed by atoms with E-state index in [1.165, 1.54) is 3.57 Å². The van der Waals surface area contributed by atoms with Crippen molar-refractivity contribution in [2.75, 3.05) is 5.73 Å². The van der Waals surface area contributed by atoms with E-state index in [0.29, 0.717) is 5.95 Å². The second-order valence-corrected chi connectivity index (χ2v) is 4.05. The van der Waals surface area contributed by atoms with Crippen LogP contribution in [-0.4, -0.2) is 9.97 Å². The molecule has 0 aliphatic heterocycles. The molecule has 2 N–H and O–H groups in total. The maximum atomic E-state index is 5.50. The number of rotatable bonds is 1. The minimum atomic E-state index is 0.307. The summed E-state index contributed by atoms with van der Waals surface area (Å²) in [7, 11) is 0. The molecule has 0 bridgehead atoms. The summed E-state index contributed by atoms with van der Waals surface area (Å²) in [6.07, 6.45) is 1.66. The van der Waals surface area contributed by atoms with Crippen LogP contribution in [0.5, 0.6) is 0 Å². The minimum absolute atomic E-state index is 0.307. The Morgan fingerprint density at radius 1 is 1.07 bits per heavy atom. The first-order valence-electron chi connectivity index (χ1n) is 4.10. The van der Waals surface area contributed by atoms with Gasteiger partial charge in [0.1, 0.15) is 0 Å². The van der Waals surface area contributed by atoms with Crippen molar-refractivity contribution in [3.8, 4) is 11.3 Å². The largest absolute Gasteiger partial charge is 0.368 e. The molecule has 2 aromatic rings. The van der Waals surface area contributed by atoms with Gasteiger partial charge in [-0.25, -0.2) is 9.97 Å². The molecule has 0 aliphatic carbocycles. The van der Waals surface area contributed by atoms with Crippen LogP contribution in [0.2, 0.25) is 0 Å². The lowest BCUT2D eigenvalue weighted by Crippen LogP contribution is -1.94. The number of hydrogen-bond donors (Lipinski definition) is 1. The molecule has 0 spiro atoms. The summed E-state index contributed by atoms with van der Waals surface area (Å²) < 4.78 is 1.20. The number of benzene rings is 1. The lowest BCUT2D eigenvalue weighted by Gasteiger charge is -2.00. The van der Waals surface area contributed by atoms with E-state index in [-0.39, 0.29) is 0 Å². The molecule has 70 valence electrons. The van der Waals surface area contributed by atoms with Gasteiger partial charge in [0.15, 0.2) is 0 Å². The zero-order valence-electron chi connectivity index (χ0n) is 7.31. The molecule has 0 radical (unpaired) electrons. The minimum Gasteiger partial charge on any atom is -0.368 e. The van der Waals surface area contributed by atoms with Crippen LogP contribution in [0.3, 0.4) is 0 Å². The van der Waals surface area contributed by atoms with Gasteiger partial charge in [0.05, 0.1) is 5.69 Å². The van der Waals surface area contributed by atoms with Gasteiger partial charge in [0.2, 0.25) is 5.95 Å². The standard InChI is InChI=1S/C10H8IN3/c11-8-3-1-7(2-4-8)9-5-6-13-10(12)14-9/h1-6H,(H2,12,13,14). The summed E-state index contributed by atoms with van der Waals surface area (Å²) in [5, 5.41) is 0. The predicted octanol–water partition coefficient (Wildman–Crippen LogP) is 2.33. The van der Waals surface area contributed by atoms with E-state index in [1.54, 1.807) is 6.20 Å². The quantitative estimate of drug-likeness (QED) is 0.822. The first kappa shape index (κ1) is 9.39. The molecule has 14 heavy (non-hydrogen) atoms. The molecular weight excluding hydrogens is 289 g/mol. The fraction of sp³-hybridized carbons (Fsp3) is 0. The van der Waals surface area contributed by atoms with Gasteiger partial charge in [-0.1, -0.05) is 12.1 Å². The lowest BCUT2D eigenvalue weighted by atomic mass is 10.1. The second kappa shape index (κ2) is 3.91. The average Bonchev–Trinajstić information content (AvgIpc) is 2.19. The molecular formula is C10H8IN3. The molecule has 0 aliphatic rings. The number of nitrogen functional groups attached to an aromatic ring is 1. The van der Waals surface area contributed by atoms with Gasteiger partial charge in [0, 0.05) is 15.3 Å². The topological polar surface area (TPSA) is 51.8 Å². The highest BCUT2D eigenvalue weighted by molar-refractivity contribution is 14.1. The van der Waals surface area contributed by atoms with Crippen LogP contribution >= 0.6 is 22.6 Å². The molecule has 0 unspecified atom stereocenters. The maximum absolute atomic E-state index is 5.50. The van der Waals surface area contributed by atoms with Crippen molar-refractivity contribution in [2.24, 2.45) is 0 Å². The Bertz CT molecular complexity index is 439. The maximum Gasteiger partial charge on any atom is 0.220 e. The van der Waals surface area contributed by atoms with Crippen LogP contribution in [-0.2, 0) is 0 Å². The summed E-state index contributed by atoms with van der Waals surface area (Å²) in [6.45, 7) is 0. The van der Waals surface area contributed by atoms with E-state index in [4.69, 9.17) is 5.73 Å².